The Labute approximate surface area is 242 Å². The van der Waals surface area contributed by atoms with Crippen LogP contribution in [-0.4, -0.2) is 68.3 Å². The van der Waals surface area contributed by atoms with Crippen LogP contribution in [0.3, 0.4) is 0 Å². The molecule has 1 amide bonds. The highest BCUT2D eigenvalue weighted by Crippen LogP contribution is 2.41. The average Bonchev–Trinajstić information content (AvgIpc) is 3.25. The highest BCUT2D eigenvalue weighted by molar-refractivity contribution is 5.99. The van der Waals surface area contributed by atoms with Crippen LogP contribution in [0.1, 0.15) is 78.4 Å². The lowest BCUT2D eigenvalue weighted by Gasteiger charge is -2.29. The van der Waals surface area contributed by atoms with Gasteiger partial charge in [0.1, 0.15) is 5.58 Å². The number of amides is 1. The Balaban J connectivity index is 1.53. The number of nitrogens with zero attached hydrogens (tertiary/aromatic N) is 2. The summed E-state index contributed by atoms with van der Waals surface area (Å²) < 4.78 is 23.7. The molecule has 0 spiro atoms. The zero-order chi connectivity index (χ0) is 28.9. The summed E-state index contributed by atoms with van der Waals surface area (Å²) in [6.45, 7) is 13.7. The summed E-state index contributed by atoms with van der Waals surface area (Å²) in [6.07, 6.45) is 3.97. The molecule has 1 atom stereocenters. The van der Waals surface area contributed by atoms with Gasteiger partial charge in [0.15, 0.2) is 16.9 Å². The summed E-state index contributed by atoms with van der Waals surface area (Å²) in [5.41, 5.74) is 3.53. The van der Waals surface area contributed by atoms with Gasteiger partial charge in [0, 0.05) is 26.2 Å². The van der Waals surface area contributed by atoms with E-state index in [0.717, 1.165) is 75.2 Å². The summed E-state index contributed by atoms with van der Waals surface area (Å²) in [5.74, 6) is 1.18. The lowest BCUT2D eigenvalue weighted by molar-refractivity contribution is 0.0353. The number of hydrogen-bond acceptors (Lipinski definition) is 7. The predicted molar refractivity (Wildman–Crippen MR) is 159 cm³/mol. The average molecular weight is 563 g/mol. The Morgan fingerprint density at radius 3 is 2.44 bits per heavy atom. The molecular weight excluding hydrogens is 520 g/mol. The SMILES string of the molecule is CCCCCOc1ccc(C2c3c(oc4cc(C)c(C)cc4c3=O)C(=O)N2CCCN2CCOCC2)cc1OCC. The van der Waals surface area contributed by atoms with Gasteiger partial charge in [0.05, 0.1) is 43.4 Å². The largest absolute Gasteiger partial charge is 0.490 e. The van der Waals surface area contributed by atoms with E-state index >= 15 is 0 Å². The molecule has 41 heavy (non-hydrogen) atoms. The minimum atomic E-state index is -0.571. The molecule has 1 unspecified atom stereocenters. The van der Waals surface area contributed by atoms with Crippen LogP contribution in [0.5, 0.6) is 11.5 Å². The maximum Gasteiger partial charge on any atom is 0.290 e. The van der Waals surface area contributed by atoms with Crippen molar-refractivity contribution in [1.82, 2.24) is 9.80 Å². The molecule has 1 saturated heterocycles. The molecule has 3 heterocycles. The molecule has 0 radical (unpaired) electrons. The number of rotatable bonds is 12. The Morgan fingerprint density at radius 2 is 1.68 bits per heavy atom. The van der Waals surface area contributed by atoms with Crippen LogP contribution >= 0.6 is 0 Å². The van der Waals surface area contributed by atoms with E-state index in [1.54, 1.807) is 4.90 Å². The van der Waals surface area contributed by atoms with Crippen molar-refractivity contribution in [2.45, 2.75) is 59.4 Å². The number of aryl methyl sites for hydroxylation is 2. The minimum absolute atomic E-state index is 0.139. The van der Waals surface area contributed by atoms with Crippen molar-refractivity contribution in [2.75, 3.05) is 52.6 Å². The number of carbonyl (C=O) groups excluding carboxylic acids is 1. The van der Waals surface area contributed by atoms with Crippen molar-refractivity contribution < 1.29 is 23.4 Å². The predicted octanol–water partition coefficient (Wildman–Crippen LogP) is 5.65. The highest BCUT2D eigenvalue weighted by Gasteiger charge is 2.43. The fourth-order valence-electron chi connectivity index (χ4n) is 5.76. The van der Waals surface area contributed by atoms with E-state index in [-0.39, 0.29) is 17.1 Å². The summed E-state index contributed by atoms with van der Waals surface area (Å²) in [5, 5.41) is 0.501. The maximum atomic E-state index is 14.0. The van der Waals surface area contributed by atoms with Crippen molar-refractivity contribution in [1.29, 1.82) is 0 Å². The van der Waals surface area contributed by atoms with E-state index in [9.17, 15) is 9.59 Å². The molecule has 0 bridgehead atoms. The fourth-order valence-corrected chi connectivity index (χ4v) is 5.76. The number of benzene rings is 2. The molecule has 8 nitrogen and oxygen atoms in total. The summed E-state index contributed by atoms with van der Waals surface area (Å²) in [4.78, 5) is 32.1. The van der Waals surface area contributed by atoms with Gasteiger partial charge < -0.3 is 23.5 Å². The van der Waals surface area contributed by atoms with Crippen molar-refractivity contribution >= 4 is 16.9 Å². The van der Waals surface area contributed by atoms with Crippen LogP contribution in [0.2, 0.25) is 0 Å². The smallest absolute Gasteiger partial charge is 0.290 e. The first kappa shape index (κ1) is 29.1. The van der Waals surface area contributed by atoms with E-state index in [0.29, 0.717) is 47.8 Å². The molecular formula is C33H42N2O6. The Bertz CT molecular complexity index is 1440. The van der Waals surface area contributed by atoms with Crippen LogP contribution in [0.4, 0.5) is 0 Å². The van der Waals surface area contributed by atoms with Gasteiger partial charge in [-0.2, -0.15) is 0 Å². The van der Waals surface area contributed by atoms with Crippen LogP contribution in [0.15, 0.2) is 39.5 Å². The number of fused-ring (bicyclic) bond motifs is 2. The first-order valence-electron chi connectivity index (χ1n) is 15.0. The van der Waals surface area contributed by atoms with Crippen LogP contribution in [-0.2, 0) is 4.74 Å². The van der Waals surface area contributed by atoms with E-state index in [4.69, 9.17) is 18.6 Å². The Kier molecular flexibility index (Phi) is 9.30. The molecule has 2 aliphatic rings. The quantitative estimate of drug-likeness (QED) is 0.264. The molecule has 8 heteroatoms. The second-order valence-electron chi connectivity index (χ2n) is 11.0. The van der Waals surface area contributed by atoms with Gasteiger partial charge in [-0.3, -0.25) is 14.5 Å². The number of unbranched alkanes of at least 4 members (excludes halogenated alkanes) is 2. The summed E-state index contributed by atoms with van der Waals surface area (Å²) >= 11 is 0. The van der Waals surface area contributed by atoms with Crippen molar-refractivity contribution in [2.24, 2.45) is 0 Å². The zero-order valence-electron chi connectivity index (χ0n) is 24.8. The molecule has 0 aliphatic carbocycles. The van der Waals surface area contributed by atoms with Crippen LogP contribution in [0, 0.1) is 13.8 Å². The third kappa shape index (κ3) is 6.14. The molecule has 5 rings (SSSR count). The van der Waals surface area contributed by atoms with Crippen molar-refractivity contribution in [3.8, 4) is 11.5 Å². The normalized spacial score (nSPS) is 17.3. The zero-order valence-corrected chi connectivity index (χ0v) is 24.8. The summed E-state index contributed by atoms with van der Waals surface area (Å²) in [7, 11) is 0. The second-order valence-corrected chi connectivity index (χ2v) is 11.0. The lowest BCUT2D eigenvalue weighted by Crippen LogP contribution is -2.38. The highest BCUT2D eigenvalue weighted by atomic mass is 16.5. The molecule has 2 aliphatic heterocycles. The van der Waals surface area contributed by atoms with E-state index in [1.165, 1.54) is 0 Å². The van der Waals surface area contributed by atoms with E-state index < -0.39 is 6.04 Å². The topological polar surface area (TPSA) is 81.5 Å². The Morgan fingerprint density at radius 1 is 0.902 bits per heavy atom. The van der Waals surface area contributed by atoms with Gasteiger partial charge >= 0.3 is 0 Å². The van der Waals surface area contributed by atoms with Gasteiger partial charge in [-0.1, -0.05) is 25.8 Å². The summed E-state index contributed by atoms with van der Waals surface area (Å²) in [6, 6.07) is 8.93. The van der Waals surface area contributed by atoms with Gasteiger partial charge in [-0.05, 0) is 74.6 Å². The van der Waals surface area contributed by atoms with Crippen molar-refractivity contribution in [3.63, 3.8) is 0 Å². The monoisotopic (exact) mass is 562 g/mol. The maximum absolute atomic E-state index is 14.0. The number of morpholine rings is 1. The van der Waals surface area contributed by atoms with Crippen LogP contribution < -0.4 is 14.9 Å². The van der Waals surface area contributed by atoms with Gasteiger partial charge in [-0.15, -0.1) is 0 Å². The third-order valence-electron chi connectivity index (χ3n) is 8.15. The second kappa shape index (κ2) is 13.1. The van der Waals surface area contributed by atoms with Gasteiger partial charge in [0.2, 0.25) is 5.76 Å². The number of hydrogen-bond donors (Lipinski definition) is 0. The minimum Gasteiger partial charge on any atom is -0.490 e. The number of carbonyl (C=O) groups is 1. The van der Waals surface area contributed by atoms with Gasteiger partial charge in [-0.25, -0.2) is 0 Å². The third-order valence-corrected chi connectivity index (χ3v) is 8.15. The molecule has 2 aromatic carbocycles. The molecule has 1 aromatic heterocycles. The van der Waals surface area contributed by atoms with Crippen molar-refractivity contribution in [3.05, 3.63) is 68.6 Å². The fraction of sp³-hybridized carbons (Fsp3) is 0.515. The first-order chi connectivity index (χ1) is 19.9. The number of ether oxygens (including phenoxy) is 3. The van der Waals surface area contributed by atoms with Crippen LogP contribution in [0.25, 0.3) is 11.0 Å². The van der Waals surface area contributed by atoms with E-state index in [2.05, 4.69) is 11.8 Å². The molecule has 3 aromatic rings. The standard InChI is InChI=1S/C33H42N2O6/c1-5-7-8-16-40-26-11-10-24(21-28(26)39-6-2)30-29-31(36)25-19-22(3)23(4)20-27(25)41-32(29)33(37)35(30)13-9-12-34-14-17-38-18-15-34/h10-11,19-21,30H,5-9,12-18H2,1-4H3. The first-order valence-corrected chi connectivity index (χ1v) is 15.0. The lowest BCUT2D eigenvalue weighted by atomic mass is 9.97. The Hall–Kier alpha value is -3.36. The van der Waals surface area contributed by atoms with E-state index in [1.807, 2.05) is 51.1 Å². The molecule has 0 N–H and O–H groups in total. The molecule has 1 fully saturated rings. The molecule has 0 saturated carbocycles. The molecule has 220 valence electrons. The van der Waals surface area contributed by atoms with Gasteiger partial charge in [0.25, 0.3) is 5.91 Å².